The number of fused-ring (bicyclic) bond motifs is 1. The largest absolute Gasteiger partial charge is 0.429 e. The zero-order valence-electron chi connectivity index (χ0n) is 5.55. The Labute approximate surface area is 58.4 Å². The summed E-state index contributed by atoms with van der Waals surface area (Å²) >= 11 is 0. The molecule has 1 aliphatic rings. The van der Waals surface area contributed by atoms with E-state index in [-0.39, 0.29) is 6.01 Å². The lowest BCUT2D eigenvalue weighted by Crippen LogP contribution is -2.22. The molecular weight excluding hydrogens is 130 g/mol. The fraction of sp³-hybridized carbons (Fsp3) is 0.500. The summed E-state index contributed by atoms with van der Waals surface area (Å²) in [5, 5.41) is 3.18. The topological polar surface area (TPSA) is 64.1 Å². The van der Waals surface area contributed by atoms with Gasteiger partial charge in [0.2, 0.25) is 0 Å². The number of aromatic nitrogens is 1. The van der Waals surface area contributed by atoms with Gasteiger partial charge in [0, 0.05) is 19.5 Å². The summed E-state index contributed by atoms with van der Waals surface area (Å²) in [6.45, 7) is 1.75. The number of hydrogen-bond donors (Lipinski definition) is 2. The molecule has 2 heterocycles. The van der Waals surface area contributed by atoms with Crippen LogP contribution in [-0.2, 0) is 13.0 Å². The van der Waals surface area contributed by atoms with Crippen molar-refractivity contribution in [3.8, 4) is 0 Å². The van der Waals surface area contributed by atoms with Crippen LogP contribution in [0.15, 0.2) is 4.42 Å². The van der Waals surface area contributed by atoms with Crippen LogP contribution in [0.1, 0.15) is 11.5 Å². The van der Waals surface area contributed by atoms with E-state index in [1.54, 1.807) is 0 Å². The first kappa shape index (κ1) is 5.73. The quantitative estimate of drug-likeness (QED) is 0.527. The number of hydrogen-bond acceptors (Lipinski definition) is 4. The smallest absolute Gasteiger partial charge is 0.292 e. The van der Waals surface area contributed by atoms with Crippen molar-refractivity contribution in [2.45, 2.75) is 13.0 Å². The van der Waals surface area contributed by atoms with Gasteiger partial charge < -0.3 is 15.5 Å². The molecule has 1 aliphatic heterocycles. The molecular formula is C6H9N3O. The van der Waals surface area contributed by atoms with Gasteiger partial charge in [0.1, 0.15) is 5.76 Å². The molecule has 0 fully saturated rings. The van der Waals surface area contributed by atoms with Gasteiger partial charge in [-0.05, 0) is 0 Å². The van der Waals surface area contributed by atoms with Crippen LogP contribution >= 0.6 is 0 Å². The lowest BCUT2D eigenvalue weighted by molar-refractivity contribution is 0.486. The van der Waals surface area contributed by atoms with Gasteiger partial charge in [-0.15, -0.1) is 0 Å². The van der Waals surface area contributed by atoms with Crippen molar-refractivity contribution in [2.24, 2.45) is 0 Å². The number of anilines is 1. The fourth-order valence-electron chi connectivity index (χ4n) is 1.15. The summed E-state index contributed by atoms with van der Waals surface area (Å²) in [4.78, 5) is 4.00. The molecule has 0 bridgehead atoms. The molecule has 0 radical (unpaired) electrons. The van der Waals surface area contributed by atoms with Gasteiger partial charge in [0.25, 0.3) is 6.01 Å². The zero-order chi connectivity index (χ0) is 6.97. The maximum atomic E-state index is 5.35. The highest BCUT2D eigenvalue weighted by Crippen LogP contribution is 2.15. The molecule has 3 N–H and O–H groups in total. The van der Waals surface area contributed by atoms with Crippen LogP contribution < -0.4 is 11.1 Å². The summed E-state index contributed by atoms with van der Waals surface area (Å²) in [7, 11) is 0. The molecule has 1 aromatic heterocycles. The van der Waals surface area contributed by atoms with Gasteiger partial charge in [-0.2, -0.15) is 4.98 Å². The Bertz CT molecular complexity index is 220. The lowest BCUT2D eigenvalue weighted by Gasteiger charge is -2.07. The molecule has 10 heavy (non-hydrogen) atoms. The average Bonchev–Trinajstić information content (AvgIpc) is 2.27. The standard InChI is InChI=1S/C6H9N3O/c7-6-9-4-3-8-2-1-5(4)10-6/h8H,1-3H2,(H2,7,9). The predicted molar refractivity (Wildman–Crippen MR) is 36.3 cm³/mol. The summed E-state index contributed by atoms with van der Waals surface area (Å²) < 4.78 is 5.13. The van der Waals surface area contributed by atoms with Crippen LogP contribution in [0.2, 0.25) is 0 Å². The summed E-state index contributed by atoms with van der Waals surface area (Å²) in [5.74, 6) is 0.941. The minimum atomic E-state index is 0.286. The summed E-state index contributed by atoms with van der Waals surface area (Å²) in [5.41, 5.74) is 6.31. The van der Waals surface area contributed by atoms with Crippen LogP contribution in [0, 0.1) is 0 Å². The molecule has 1 aromatic rings. The monoisotopic (exact) mass is 139 g/mol. The maximum Gasteiger partial charge on any atom is 0.292 e. The maximum absolute atomic E-state index is 5.35. The molecule has 0 aliphatic carbocycles. The Hall–Kier alpha value is -1.03. The van der Waals surface area contributed by atoms with Crippen LogP contribution in [-0.4, -0.2) is 11.5 Å². The third kappa shape index (κ3) is 0.769. The zero-order valence-corrected chi connectivity index (χ0v) is 5.55. The second-order valence-corrected chi connectivity index (χ2v) is 2.35. The summed E-state index contributed by atoms with van der Waals surface area (Å²) in [6.07, 6.45) is 0.902. The number of nitrogens with zero attached hydrogens (tertiary/aromatic N) is 1. The second kappa shape index (κ2) is 1.98. The van der Waals surface area contributed by atoms with E-state index in [4.69, 9.17) is 10.2 Å². The molecule has 4 heteroatoms. The molecule has 4 nitrogen and oxygen atoms in total. The van der Waals surface area contributed by atoms with E-state index >= 15 is 0 Å². The van der Waals surface area contributed by atoms with Gasteiger partial charge in [-0.1, -0.05) is 0 Å². The normalized spacial score (nSPS) is 16.8. The Kier molecular flexibility index (Phi) is 1.14. The molecule has 0 atom stereocenters. The SMILES string of the molecule is Nc1nc2c(o1)CCNC2. The van der Waals surface area contributed by atoms with E-state index in [2.05, 4.69) is 10.3 Å². The Morgan fingerprint density at radius 3 is 3.30 bits per heavy atom. The molecule has 2 rings (SSSR count). The lowest BCUT2D eigenvalue weighted by atomic mass is 10.2. The number of nitrogens with two attached hydrogens (primary N) is 1. The van der Waals surface area contributed by atoms with Crippen molar-refractivity contribution >= 4 is 6.01 Å². The predicted octanol–water partition coefficient (Wildman–Crippen LogP) is -0.0975. The van der Waals surface area contributed by atoms with Gasteiger partial charge >= 0.3 is 0 Å². The number of oxazole rings is 1. The van der Waals surface area contributed by atoms with E-state index in [1.807, 2.05) is 0 Å². The van der Waals surface area contributed by atoms with Crippen LogP contribution in [0.4, 0.5) is 6.01 Å². The van der Waals surface area contributed by atoms with E-state index < -0.39 is 0 Å². The first-order valence-corrected chi connectivity index (χ1v) is 3.31. The van der Waals surface area contributed by atoms with Crippen LogP contribution in [0.5, 0.6) is 0 Å². The van der Waals surface area contributed by atoms with Crippen molar-refractivity contribution in [3.05, 3.63) is 11.5 Å². The molecule has 0 saturated carbocycles. The molecule has 0 aromatic carbocycles. The third-order valence-corrected chi connectivity index (χ3v) is 1.62. The van der Waals surface area contributed by atoms with Gasteiger partial charge in [-0.25, -0.2) is 0 Å². The Morgan fingerprint density at radius 1 is 1.60 bits per heavy atom. The van der Waals surface area contributed by atoms with Gasteiger partial charge in [0.05, 0.1) is 5.69 Å². The Balaban J connectivity index is 2.41. The van der Waals surface area contributed by atoms with Crippen molar-refractivity contribution in [3.63, 3.8) is 0 Å². The second-order valence-electron chi connectivity index (χ2n) is 2.35. The fourth-order valence-corrected chi connectivity index (χ4v) is 1.15. The van der Waals surface area contributed by atoms with Crippen molar-refractivity contribution in [1.82, 2.24) is 10.3 Å². The molecule has 0 saturated heterocycles. The van der Waals surface area contributed by atoms with Gasteiger partial charge in [0.15, 0.2) is 0 Å². The highest BCUT2D eigenvalue weighted by atomic mass is 16.4. The third-order valence-electron chi connectivity index (χ3n) is 1.62. The molecule has 0 amide bonds. The molecule has 54 valence electrons. The first-order valence-electron chi connectivity index (χ1n) is 3.31. The number of nitrogen functional groups attached to an aromatic ring is 1. The summed E-state index contributed by atoms with van der Waals surface area (Å²) in [6, 6.07) is 0.286. The van der Waals surface area contributed by atoms with Crippen LogP contribution in [0.25, 0.3) is 0 Å². The number of nitrogens with one attached hydrogen (secondary N) is 1. The average molecular weight is 139 g/mol. The highest BCUT2D eigenvalue weighted by Gasteiger charge is 2.14. The molecule has 0 spiro atoms. The van der Waals surface area contributed by atoms with E-state index in [0.717, 1.165) is 31.0 Å². The van der Waals surface area contributed by atoms with Crippen molar-refractivity contribution in [2.75, 3.05) is 12.3 Å². The van der Waals surface area contributed by atoms with E-state index in [0.29, 0.717) is 0 Å². The van der Waals surface area contributed by atoms with E-state index in [1.165, 1.54) is 0 Å². The number of rotatable bonds is 0. The highest BCUT2D eigenvalue weighted by molar-refractivity contribution is 5.21. The molecule has 0 unspecified atom stereocenters. The Morgan fingerprint density at radius 2 is 2.50 bits per heavy atom. The van der Waals surface area contributed by atoms with Crippen molar-refractivity contribution < 1.29 is 4.42 Å². The minimum Gasteiger partial charge on any atom is -0.429 e. The first-order chi connectivity index (χ1) is 4.86. The van der Waals surface area contributed by atoms with Gasteiger partial charge in [-0.3, -0.25) is 0 Å². The van der Waals surface area contributed by atoms with Crippen molar-refractivity contribution in [1.29, 1.82) is 0 Å². The van der Waals surface area contributed by atoms with Crippen LogP contribution in [0.3, 0.4) is 0 Å². The minimum absolute atomic E-state index is 0.286. The van der Waals surface area contributed by atoms with E-state index in [9.17, 15) is 0 Å².